The molecule has 0 radical (unpaired) electrons. The van der Waals surface area contributed by atoms with Crippen molar-refractivity contribution in [2.45, 2.75) is 91.2 Å². The number of nitrogens with zero attached hydrogens (tertiary/aromatic N) is 4. The number of alkyl carbamates (subject to hydrolysis) is 1. The number of aryl methyl sites for hydroxylation is 1. The SMILES string of the molecule is CCC(C)[C@@H](C(=O)N1CCCCC1)n1cc(CCCCNC(=O)OC(C)(C)C)nn1. The first-order valence-corrected chi connectivity index (χ1v) is 11.4. The third-order valence-electron chi connectivity index (χ3n) is 5.47. The molecule has 0 aromatic carbocycles. The van der Waals surface area contributed by atoms with Gasteiger partial charge in [-0.05, 0) is 65.2 Å². The molecule has 1 unspecified atom stereocenters. The van der Waals surface area contributed by atoms with Gasteiger partial charge in [-0.1, -0.05) is 25.5 Å². The minimum atomic E-state index is -0.486. The number of piperidine rings is 1. The number of rotatable bonds is 9. The monoisotopic (exact) mass is 421 g/mol. The van der Waals surface area contributed by atoms with Crippen LogP contribution in [0.3, 0.4) is 0 Å². The Morgan fingerprint density at radius 3 is 2.53 bits per heavy atom. The number of nitrogens with one attached hydrogen (secondary N) is 1. The summed E-state index contributed by atoms with van der Waals surface area (Å²) in [5, 5.41) is 11.4. The maximum atomic E-state index is 13.2. The van der Waals surface area contributed by atoms with E-state index in [4.69, 9.17) is 4.74 Å². The Kier molecular flexibility index (Phi) is 9.11. The van der Waals surface area contributed by atoms with E-state index in [0.717, 1.165) is 57.3 Å². The Bertz CT molecular complexity index is 677. The molecule has 0 aliphatic carbocycles. The van der Waals surface area contributed by atoms with E-state index in [2.05, 4.69) is 29.5 Å². The molecule has 8 heteroatoms. The maximum Gasteiger partial charge on any atom is 0.407 e. The summed E-state index contributed by atoms with van der Waals surface area (Å²) in [6, 6.07) is -0.289. The van der Waals surface area contributed by atoms with Gasteiger partial charge in [-0.15, -0.1) is 5.10 Å². The molecule has 1 aromatic rings. The second-order valence-electron chi connectivity index (χ2n) is 9.29. The Labute approximate surface area is 180 Å². The average molecular weight is 422 g/mol. The van der Waals surface area contributed by atoms with Crippen LogP contribution in [0.5, 0.6) is 0 Å². The van der Waals surface area contributed by atoms with Crippen LogP contribution < -0.4 is 5.32 Å². The van der Waals surface area contributed by atoms with Crippen LogP contribution in [-0.4, -0.2) is 57.1 Å². The Morgan fingerprint density at radius 1 is 1.20 bits per heavy atom. The number of likely N-dealkylation sites (tertiary alicyclic amines) is 1. The predicted molar refractivity (Wildman–Crippen MR) is 116 cm³/mol. The summed E-state index contributed by atoms with van der Waals surface area (Å²) in [7, 11) is 0. The zero-order valence-corrected chi connectivity index (χ0v) is 19.3. The largest absolute Gasteiger partial charge is 0.444 e. The molecule has 1 aliphatic heterocycles. The Balaban J connectivity index is 1.85. The van der Waals surface area contributed by atoms with Crippen molar-refractivity contribution in [3.05, 3.63) is 11.9 Å². The van der Waals surface area contributed by atoms with Gasteiger partial charge >= 0.3 is 6.09 Å². The van der Waals surface area contributed by atoms with Crippen LogP contribution in [0.25, 0.3) is 0 Å². The zero-order chi connectivity index (χ0) is 22.1. The van der Waals surface area contributed by atoms with E-state index in [-0.39, 0.29) is 24.0 Å². The minimum Gasteiger partial charge on any atom is -0.444 e. The molecule has 170 valence electrons. The number of ether oxygens (including phenoxy) is 1. The molecule has 2 amide bonds. The summed E-state index contributed by atoms with van der Waals surface area (Å²) in [6.45, 7) is 12.0. The van der Waals surface area contributed by atoms with E-state index < -0.39 is 5.60 Å². The molecule has 0 saturated carbocycles. The molecule has 1 saturated heterocycles. The number of unbranched alkanes of at least 4 members (excludes halogenated alkanes) is 1. The summed E-state index contributed by atoms with van der Waals surface area (Å²) in [5.74, 6) is 0.370. The number of hydrogen-bond donors (Lipinski definition) is 1. The summed E-state index contributed by atoms with van der Waals surface area (Å²) in [5.41, 5.74) is 0.396. The van der Waals surface area contributed by atoms with Gasteiger partial charge in [0.05, 0.1) is 5.69 Å². The predicted octanol–water partition coefficient (Wildman–Crippen LogP) is 3.73. The van der Waals surface area contributed by atoms with Gasteiger partial charge < -0.3 is 15.0 Å². The summed E-state index contributed by atoms with van der Waals surface area (Å²) < 4.78 is 6.99. The van der Waals surface area contributed by atoms with Gasteiger partial charge in [-0.25, -0.2) is 9.48 Å². The normalized spacial score (nSPS) is 16.8. The third kappa shape index (κ3) is 7.61. The van der Waals surface area contributed by atoms with Crippen molar-refractivity contribution >= 4 is 12.0 Å². The lowest BCUT2D eigenvalue weighted by molar-refractivity contribution is -0.137. The van der Waals surface area contributed by atoms with Gasteiger partial charge in [0, 0.05) is 25.8 Å². The number of hydrogen-bond acceptors (Lipinski definition) is 5. The standard InChI is InChI=1S/C22H39N5O3/c1-6-17(2)19(20(28)26-14-10-7-11-15-26)27-16-18(24-25-27)12-8-9-13-23-21(29)30-22(3,4)5/h16-17,19H,6-15H2,1-5H3,(H,23,29)/t17?,19-/m0/s1. The van der Waals surface area contributed by atoms with Gasteiger partial charge in [0.2, 0.25) is 5.91 Å². The van der Waals surface area contributed by atoms with Crippen LogP contribution in [0.1, 0.15) is 84.9 Å². The molecule has 1 N–H and O–H groups in total. The van der Waals surface area contributed by atoms with E-state index in [1.165, 1.54) is 6.42 Å². The highest BCUT2D eigenvalue weighted by molar-refractivity contribution is 5.80. The summed E-state index contributed by atoms with van der Waals surface area (Å²) in [4.78, 5) is 26.8. The summed E-state index contributed by atoms with van der Waals surface area (Å²) >= 11 is 0. The number of carbonyl (C=O) groups is 2. The van der Waals surface area contributed by atoms with Crippen LogP contribution in [0.15, 0.2) is 6.20 Å². The van der Waals surface area contributed by atoms with Gasteiger partial charge in [-0.2, -0.15) is 0 Å². The van der Waals surface area contributed by atoms with E-state index in [9.17, 15) is 9.59 Å². The van der Waals surface area contributed by atoms with Gasteiger partial charge in [0.15, 0.2) is 0 Å². The third-order valence-corrected chi connectivity index (χ3v) is 5.47. The second-order valence-corrected chi connectivity index (χ2v) is 9.29. The fraction of sp³-hybridized carbons (Fsp3) is 0.818. The van der Waals surface area contributed by atoms with E-state index >= 15 is 0 Å². The quantitative estimate of drug-likeness (QED) is 0.614. The Morgan fingerprint density at radius 2 is 1.90 bits per heavy atom. The van der Waals surface area contributed by atoms with Gasteiger partial charge in [0.25, 0.3) is 0 Å². The van der Waals surface area contributed by atoms with Crippen molar-refractivity contribution < 1.29 is 14.3 Å². The molecular weight excluding hydrogens is 382 g/mol. The van der Waals surface area contributed by atoms with Crippen molar-refractivity contribution in [2.75, 3.05) is 19.6 Å². The number of amides is 2. The van der Waals surface area contributed by atoms with Crippen molar-refractivity contribution in [3.63, 3.8) is 0 Å². The molecule has 30 heavy (non-hydrogen) atoms. The first-order valence-electron chi connectivity index (χ1n) is 11.4. The molecule has 2 heterocycles. The fourth-order valence-electron chi connectivity index (χ4n) is 3.64. The first-order chi connectivity index (χ1) is 14.2. The zero-order valence-electron chi connectivity index (χ0n) is 19.3. The topological polar surface area (TPSA) is 89.4 Å². The molecule has 8 nitrogen and oxygen atoms in total. The smallest absolute Gasteiger partial charge is 0.407 e. The number of carbonyl (C=O) groups excluding carboxylic acids is 2. The molecular formula is C22H39N5O3. The van der Waals surface area contributed by atoms with E-state index in [1.54, 1.807) is 4.68 Å². The Hall–Kier alpha value is -2.12. The molecule has 2 rings (SSSR count). The highest BCUT2D eigenvalue weighted by Gasteiger charge is 2.31. The van der Waals surface area contributed by atoms with E-state index in [0.29, 0.717) is 6.54 Å². The fourth-order valence-corrected chi connectivity index (χ4v) is 3.64. The van der Waals surface area contributed by atoms with Crippen LogP contribution in [0.2, 0.25) is 0 Å². The van der Waals surface area contributed by atoms with Crippen LogP contribution in [-0.2, 0) is 16.0 Å². The van der Waals surface area contributed by atoms with Crippen molar-refractivity contribution in [1.29, 1.82) is 0 Å². The molecule has 2 atom stereocenters. The molecule has 1 fully saturated rings. The minimum absolute atomic E-state index is 0.169. The average Bonchev–Trinajstić information content (AvgIpc) is 3.15. The van der Waals surface area contributed by atoms with Crippen molar-refractivity contribution in [2.24, 2.45) is 5.92 Å². The van der Waals surface area contributed by atoms with Crippen molar-refractivity contribution in [3.8, 4) is 0 Å². The molecule has 0 bridgehead atoms. The molecule has 0 spiro atoms. The number of aromatic nitrogens is 3. The highest BCUT2D eigenvalue weighted by Crippen LogP contribution is 2.25. The van der Waals surface area contributed by atoms with Gasteiger partial charge in [0.1, 0.15) is 11.6 Å². The lowest BCUT2D eigenvalue weighted by Gasteiger charge is -2.32. The second kappa shape index (κ2) is 11.3. The summed E-state index contributed by atoms with van der Waals surface area (Å²) in [6.07, 6.45) is 8.28. The van der Waals surface area contributed by atoms with E-state index in [1.807, 2.05) is 31.9 Å². The van der Waals surface area contributed by atoms with Crippen molar-refractivity contribution in [1.82, 2.24) is 25.2 Å². The van der Waals surface area contributed by atoms with Gasteiger partial charge in [-0.3, -0.25) is 4.79 Å². The van der Waals surface area contributed by atoms with Crippen LogP contribution >= 0.6 is 0 Å². The molecule has 1 aliphatic rings. The van der Waals surface area contributed by atoms with Crippen LogP contribution in [0.4, 0.5) is 4.79 Å². The van der Waals surface area contributed by atoms with Crippen LogP contribution in [0, 0.1) is 5.92 Å². The molecule has 1 aromatic heterocycles. The maximum absolute atomic E-state index is 13.2. The lowest BCUT2D eigenvalue weighted by Crippen LogP contribution is -2.42. The highest BCUT2D eigenvalue weighted by atomic mass is 16.6. The first kappa shape index (κ1) is 24.2. The lowest BCUT2D eigenvalue weighted by atomic mass is 9.97.